The number of carbonyl (C=O) groups is 2. The molecule has 0 atom stereocenters. The maximum absolute atomic E-state index is 12.1. The van der Waals surface area contributed by atoms with Crippen LogP contribution in [0.1, 0.15) is 37.5 Å². The van der Waals surface area contributed by atoms with Gasteiger partial charge in [-0.05, 0) is 45.4 Å². The fraction of sp³-hybridized carbons (Fsp3) is 0.412. The van der Waals surface area contributed by atoms with Crippen LogP contribution < -0.4 is 5.32 Å². The third kappa shape index (κ3) is 4.41. The molecule has 0 bridgehead atoms. The van der Waals surface area contributed by atoms with Gasteiger partial charge in [-0.1, -0.05) is 12.1 Å². The largest absolute Gasteiger partial charge is 0.481 e. The summed E-state index contributed by atoms with van der Waals surface area (Å²) in [6.45, 7) is 7.34. The second kappa shape index (κ2) is 6.82. The molecule has 0 aliphatic carbocycles. The maximum atomic E-state index is 12.1. The summed E-state index contributed by atoms with van der Waals surface area (Å²) < 4.78 is 1.80. The second-order valence-electron chi connectivity index (χ2n) is 6.48. The van der Waals surface area contributed by atoms with Crippen molar-refractivity contribution in [3.63, 3.8) is 0 Å². The molecule has 1 aromatic heterocycles. The highest BCUT2D eigenvalue weighted by molar-refractivity contribution is 5.94. The SMILES string of the molecule is Cc1nc(C)n(Cc2cccc(NC(=O)CC(C)(C)C(=O)O)c2)n1. The van der Waals surface area contributed by atoms with Crippen LogP contribution in [-0.4, -0.2) is 31.7 Å². The zero-order valence-corrected chi connectivity index (χ0v) is 14.3. The zero-order valence-electron chi connectivity index (χ0n) is 14.3. The van der Waals surface area contributed by atoms with Crippen molar-refractivity contribution in [2.75, 3.05) is 5.32 Å². The Labute approximate surface area is 140 Å². The zero-order chi connectivity index (χ0) is 17.9. The molecule has 0 radical (unpaired) electrons. The highest BCUT2D eigenvalue weighted by Crippen LogP contribution is 2.21. The number of hydrogen-bond acceptors (Lipinski definition) is 4. The molecule has 0 aliphatic heterocycles. The average Bonchev–Trinajstić information content (AvgIpc) is 2.76. The van der Waals surface area contributed by atoms with E-state index in [1.165, 1.54) is 13.8 Å². The molecule has 0 unspecified atom stereocenters. The Kier molecular flexibility index (Phi) is 5.02. The maximum Gasteiger partial charge on any atom is 0.309 e. The lowest BCUT2D eigenvalue weighted by Crippen LogP contribution is -2.29. The first kappa shape index (κ1) is 17.7. The number of benzene rings is 1. The minimum Gasteiger partial charge on any atom is -0.481 e. The lowest BCUT2D eigenvalue weighted by Gasteiger charge is -2.18. The lowest BCUT2D eigenvalue weighted by molar-refractivity contribution is -0.148. The number of carboxylic acid groups (broad SMARTS) is 1. The molecule has 0 aliphatic rings. The van der Waals surface area contributed by atoms with Gasteiger partial charge < -0.3 is 10.4 Å². The van der Waals surface area contributed by atoms with Gasteiger partial charge in [-0.25, -0.2) is 9.67 Å². The Balaban J connectivity index is 2.06. The third-order valence-electron chi connectivity index (χ3n) is 3.69. The lowest BCUT2D eigenvalue weighted by atomic mass is 9.89. The second-order valence-corrected chi connectivity index (χ2v) is 6.48. The summed E-state index contributed by atoms with van der Waals surface area (Å²) in [4.78, 5) is 27.4. The standard InChI is InChI=1S/C17H22N4O3/c1-11-18-12(2)21(20-11)10-13-6-5-7-14(8-13)19-15(22)9-17(3,4)16(23)24/h5-8H,9-10H2,1-4H3,(H,19,22)(H,23,24). The smallest absolute Gasteiger partial charge is 0.309 e. The van der Waals surface area contributed by atoms with E-state index in [0.717, 1.165) is 11.4 Å². The van der Waals surface area contributed by atoms with Crippen LogP contribution in [0.4, 0.5) is 5.69 Å². The number of aromatic nitrogens is 3. The van der Waals surface area contributed by atoms with Gasteiger partial charge in [0.25, 0.3) is 0 Å². The van der Waals surface area contributed by atoms with E-state index < -0.39 is 11.4 Å². The van der Waals surface area contributed by atoms with E-state index in [9.17, 15) is 9.59 Å². The van der Waals surface area contributed by atoms with Crippen LogP contribution in [0.3, 0.4) is 0 Å². The predicted octanol–water partition coefficient (Wildman–Crippen LogP) is 2.38. The number of carbonyl (C=O) groups excluding carboxylic acids is 1. The molecular formula is C17H22N4O3. The topological polar surface area (TPSA) is 97.1 Å². The van der Waals surface area contributed by atoms with Gasteiger partial charge in [-0.3, -0.25) is 9.59 Å². The van der Waals surface area contributed by atoms with Crippen LogP contribution in [0.25, 0.3) is 0 Å². The number of rotatable bonds is 6. The summed E-state index contributed by atoms with van der Waals surface area (Å²) in [6, 6.07) is 7.40. The van der Waals surface area contributed by atoms with Gasteiger partial charge in [-0.2, -0.15) is 5.10 Å². The van der Waals surface area contributed by atoms with Crippen LogP contribution in [-0.2, 0) is 16.1 Å². The molecule has 1 amide bonds. The quantitative estimate of drug-likeness (QED) is 0.847. The number of aliphatic carboxylic acids is 1. The number of nitrogens with one attached hydrogen (secondary N) is 1. The first-order chi connectivity index (χ1) is 11.2. The molecule has 0 fully saturated rings. The predicted molar refractivity (Wildman–Crippen MR) is 89.7 cm³/mol. The molecule has 2 N–H and O–H groups in total. The molecular weight excluding hydrogens is 308 g/mol. The van der Waals surface area contributed by atoms with E-state index in [0.29, 0.717) is 18.1 Å². The van der Waals surface area contributed by atoms with Crippen LogP contribution in [0.2, 0.25) is 0 Å². The van der Waals surface area contributed by atoms with Gasteiger partial charge in [0.2, 0.25) is 5.91 Å². The number of hydrogen-bond donors (Lipinski definition) is 2. The van der Waals surface area contributed by atoms with Crippen molar-refractivity contribution in [2.45, 2.75) is 40.7 Å². The number of aryl methyl sites for hydroxylation is 2. The molecule has 2 aromatic rings. The summed E-state index contributed by atoms with van der Waals surface area (Å²) in [5.41, 5.74) is 0.503. The van der Waals surface area contributed by atoms with E-state index in [1.54, 1.807) is 10.7 Å². The van der Waals surface area contributed by atoms with Crippen molar-refractivity contribution in [3.05, 3.63) is 41.5 Å². The molecule has 7 heteroatoms. The summed E-state index contributed by atoms with van der Waals surface area (Å²) in [7, 11) is 0. The van der Waals surface area contributed by atoms with Crippen LogP contribution >= 0.6 is 0 Å². The number of anilines is 1. The minimum absolute atomic E-state index is 0.0893. The highest BCUT2D eigenvalue weighted by Gasteiger charge is 2.30. The Bertz CT molecular complexity index is 765. The number of carboxylic acids is 1. The first-order valence-electron chi connectivity index (χ1n) is 7.67. The van der Waals surface area contributed by atoms with Crippen molar-refractivity contribution in [1.29, 1.82) is 0 Å². The monoisotopic (exact) mass is 330 g/mol. The summed E-state index contributed by atoms with van der Waals surface area (Å²) in [5, 5.41) is 16.2. The van der Waals surface area contributed by atoms with Crippen LogP contribution in [0.5, 0.6) is 0 Å². The molecule has 128 valence electrons. The summed E-state index contributed by atoms with van der Waals surface area (Å²) in [5.74, 6) is 0.216. The van der Waals surface area contributed by atoms with E-state index in [2.05, 4.69) is 15.4 Å². The number of amides is 1. The van der Waals surface area contributed by atoms with Crippen LogP contribution in [0, 0.1) is 19.3 Å². The molecule has 0 saturated heterocycles. The average molecular weight is 330 g/mol. The van der Waals surface area contributed by atoms with Crippen molar-refractivity contribution >= 4 is 17.6 Å². The Hall–Kier alpha value is -2.70. The van der Waals surface area contributed by atoms with Gasteiger partial charge in [0.15, 0.2) is 0 Å². The van der Waals surface area contributed by atoms with E-state index >= 15 is 0 Å². The van der Waals surface area contributed by atoms with Crippen molar-refractivity contribution in [1.82, 2.24) is 14.8 Å². The third-order valence-corrected chi connectivity index (χ3v) is 3.69. The van der Waals surface area contributed by atoms with Crippen molar-refractivity contribution in [2.24, 2.45) is 5.41 Å². The number of nitrogens with zero attached hydrogens (tertiary/aromatic N) is 3. The molecule has 2 rings (SSSR count). The molecule has 1 aromatic carbocycles. The Morgan fingerprint density at radius 1 is 1.29 bits per heavy atom. The fourth-order valence-corrected chi connectivity index (χ4v) is 2.31. The molecule has 24 heavy (non-hydrogen) atoms. The molecule has 0 spiro atoms. The molecule has 0 saturated carbocycles. The minimum atomic E-state index is -1.10. The van der Waals surface area contributed by atoms with E-state index in [4.69, 9.17) is 5.11 Å². The molecule has 1 heterocycles. The highest BCUT2D eigenvalue weighted by atomic mass is 16.4. The van der Waals surface area contributed by atoms with Gasteiger partial charge >= 0.3 is 5.97 Å². The Morgan fingerprint density at radius 3 is 2.58 bits per heavy atom. The fourth-order valence-electron chi connectivity index (χ4n) is 2.31. The summed E-state index contributed by atoms with van der Waals surface area (Å²) in [6.07, 6.45) is -0.0893. The van der Waals surface area contributed by atoms with Gasteiger partial charge in [0.1, 0.15) is 11.6 Å². The van der Waals surface area contributed by atoms with Crippen molar-refractivity contribution in [3.8, 4) is 0 Å². The normalized spacial score (nSPS) is 11.3. The molecule has 7 nitrogen and oxygen atoms in total. The first-order valence-corrected chi connectivity index (χ1v) is 7.67. The van der Waals surface area contributed by atoms with Gasteiger partial charge in [0.05, 0.1) is 12.0 Å². The van der Waals surface area contributed by atoms with Gasteiger partial charge in [0, 0.05) is 12.1 Å². The van der Waals surface area contributed by atoms with Crippen molar-refractivity contribution < 1.29 is 14.7 Å². The van der Waals surface area contributed by atoms with Gasteiger partial charge in [-0.15, -0.1) is 0 Å². The summed E-state index contributed by atoms with van der Waals surface area (Å²) >= 11 is 0. The van der Waals surface area contributed by atoms with Crippen LogP contribution in [0.15, 0.2) is 24.3 Å². The van der Waals surface area contributed by atoms with E-state index in [-0.39, 0.29) is 12.3 Å². The Morgan fingerprint density at radius 2 is 2.00 bits per heavy atom. The van der Waals surface area contributed by atoms with E-state index in [1.807, 2.05) is 32.0 Å².